The van der Waals surface area contributed by atoms with E-state index >= 15 is 0 Å². The van der Waals surface area contributed by atoms with Gasteiger partial charge in [-0.3, -0.25) is 10.1 Å². The molecule has 0 bridgehead atoms. The third kappa shape index (κ3) is 4.98. The Bertz CT molecular complexity index is 959. The number of nitrogens with one attached hydrogen (secondary N) is 2. The van der Waals surface area contributed by atoms with Crippen molar-refractivity contribution in [2.75, 3.05) is 6.54 Å². The number of rotatable bonds is 6. The number of hydrogen-bond donors (Lipinski definition) is 2. The lowest BCUT2D eigenvalue weighted by atomic mass is 10.1. The number of thioether (sulfide) groups is 1. The summed E-state index contributed by atoms with van der Waals surface area (Å²) in [5.41, 5.74) is 2.61. The van der Waals surface area contributed by atoms with Crippen molar-refractivity contribution in [3.05, 3.63) is 65.7 Å². The molecule has 0 radical (unpaired) electrons. The van der Waals surface area contributed by atoms with Gasteiger partial charge < -0.3 is 9.73 Å². The number of hydrogen-bond acceptors (Lipinski definition) is 6. The number of imide groups is 1. The Balaban J connectivity index is 1.82. The van der Waals surface area contributed by atoms with E-state index in [0.29, 0.717) is 12.4 Å². The maximum atomic E-state index is 12.7. The van der Waals surface area contributed by atoms with E-state index in [0.717, 1.165) is 28.5 Å². The summed E-state index contributed by atoms with van der Waals surface area (Å²) in [5, 5.41) is 12.6. The first kappa shape index (κ1) is 19.6. The van der Waals surface area contributed by atoms with Gasteiger partial charge in [-0.15, -0.1) is 10.2 Å². The number of benzene rings is 2. The van der Waals surface area contributed by atoms with Crippen LogP contribution in [0.25, 0.3) is 11.5 Å². The maximum Gasteiger partial charge on any atom is 0.321 e. The van der Waals surface area contributed by atoms with Crippen molar-refractivity contribution in [3.8, 4) is 11.5 Å². The van der Waals surface area contributed by atoms with Crippen molar-refractivity contribution in [1.82, 2.24) is 20.8 Å². The average Bonchev–Trinajstić information content (AvgIpc) is 3.15. The summed E-state index contributed by atoms with van der Waals surface area (Å²) in [6.45, 7) is 4.18. The van der Waals surface area contributed by atoms with E-state index in [2.05, 4.69) is 20.8 Å². The molecule has 1 atom stereocenters. The highest BCUT2D eigenvalue weighted by atomic mass is 32.2. The van der Waals surface area contributed by atoms with Crippen molar-refractivity contribution < 1.29 is 14.0 Å². The van der Waals surface area contributed by atoms with Gasteiger partial charge in [-0.2, -0.15) is 0 Å². The molecule has 0 aliphatic carbocycles. The quantitative estimate of drug-likeness (QED) is 0.616. The second-order valence-corrected chi connectivity index (χ2v) is 7.06. The fraction of sp³-hybridized carbons (Fsp3) is 0.200. The fourth-order valence-electron chi connectivity index (χ4n) is 2.54. The van der Waals surface area contributed by atoms with Crippen LogP contribution in [0.2, 0.25) is 0 Å². The van der Waals surface area contributed by atoms with Crippen LogP contribution >= 0.6 is 11.8 Å². The molecule has 0 unspecified atom stereocenters. The second kappa shape index (κ2) is 9.18. The van der Waals surface area contributed by atoms with Crippen LogP contribution in [0.5, 0.6) is 0 Å². The Morgan fingerprint density at radius 1 is 1.11 bits per heavy atom. The standard InChI is InChI=1S/C20H20N4O3S/c1-3-21-19(26)22-17(25)16(14-9-5-4-6-10-14)28-20-24-23-18(27-20)15-11-7-8-13(2)12-15/h4-12,16H,3H2,1-2H3,(H2,21,22,25,26)/t16-/m1/s1. The number of amides is 3. The zero-order valence-corrected chi connectivity index (χ0v) is 16.3. The number of aromatic nitrogens is 2. The average molecular weight is 396 g/mol. The van der Waals surface area contributed by atoms with Crippen LogP contribution in [0.1, 0.15) is 23.3 Å². The minimum atomic E-state index is -0.713. The van der Waals surface area contributed by atoms with Gasteiger partial charge in [0.25, 0.3) is 5.22 Å². The van der Waals surface area contributed by atoms with Gasteiger partial charge in [0.2, 0.25) is 11.8 Å². The lowest BCUT2D eigenvalue weighted by molar-refractivity contribution is -0.119. The lowest BCUT2D eigenvalue weighted by Crippen LogP contribution is -2.41. The molecule has 8 heteroatoms. The summed E-state index contributed by atoms with van der Waals surface area (Å²) in [6.07, 6.45) is 0. The Hall–Kier alpha value is -3.13. The molecule has 2 aromatic carbocycles. The van der Waals surface area contributed by atoms with Gasteiger partial charge in [0.1, 0.15) is 5.25 Å². The van der Waals surface area contributed by atoms with Crippen molar-refractivity contribution in [2.45, 2.75) is 24.3 Å². The molecule has 3 amide bonds. The van der Waals surface area contributed by atoms with Crippen LogP contribution in [-0.4, -0.2) is 28.7 Å². The second-order valence-electron chi connectivity index (χ2n) is 6.00. The molecule has 3 aromatic rings. The van der Waals surface area contributed by atoms with Gasteiger partial charge in [-0.25, -0.2) is 4.79 Å². The first-order valence-corrected chi connectivity index (χ1v) is 9.65. The normalized spacial score (nSPS) is 11.6. The van der Waals surface area contributed by atoms with E-state index in [1.165, 1.54) is 0 Å². The molecule has 0 saturated heterocycles. The monoisotopic (exact) mass is 396 g/mol. The topological polar surface area (TPSA) is 97.1 Å². The zero-order valence-electron chi connectivity index (χ0n) is 15.5. The van der Waals surface area contributed by atoms with E-state index in [4.69, 9.17) is 4.42 Å². The minimum Gasteiger partial charge on any atom is -0.411 e. The van der Waals surface area contributed by atoms with Gasteiger partial charge in [-0.1, -0.05) is 48.0 Å². The van der Waals surface area contributed by atoms with Crippen LogP contribution in [0.15, 0.2) is 64.2 Å². The summed E-state index contributed by atoms with van der Waals surface area (Å²) < 4.78 is 5.74. The SMILES string of the molecule is CCNC(=O)NC(=O)[C@H](Sc1nnc(-c2cccc(C)c2)o1)c1ccccc1. The van der Waals surface area contributed by atoms with Crippen LogP contribution in [0.3, 0.4) is 0 Å². The molecule has 1 aromatic heterocycles. The largest absolute Gasteiger partial charge is 0.411 e. The first-order valence-electron chi connectivity index (χ1n) is 8.77. The maximum absolute atomic E-state index is 12.7. The molecule has 28 heavy (non-hydrogen) atoms. The van der Waals surface area contributed by atoms with Crippen LogP contribution in [0, 0.1) is 6.92 Å². The number of nitrogens with zero attached hydrogens (tertiary/aromatic N) is 2. The van der Waals surface area contributed by atoms with E-state index in [1.807, 2.05) is 61.5 Å². The summed E-state index contributed by atoms with van der Waals surface area (Å²) in [6, 6.07) is 16.3. The molecular weight excluding hydrogens is 376 g/mol. The smallest absolute Gasteiger partial charge is 0.321 e. The predicted octanol–water partition coefficient (Wildman–Crippen LogP) is 3.72. The predicted molar refractivity (Wildman–Crippen MR) is 107 cm³/mol. The van der Waals surface area contributed by atoms with Gasteiger partial charge in [0.05, 0.1) is 0 Å². The number of carbonyl (C=O) groups excluding carboxylic acids is 2. The highest BCUT2D eigenvalue weighted by Crippen LogP contribution is 2.35. The molecule has 0 aliphatic heterocycles. The van der Waals surface area contributed by atoms with E-state index < -0.39 is 17.2 Å². The minimum absolute atomic E-state index is 0.247. The molecule has 0 fully saturated rings. The molecule has 0 saturated carbocycles. The number of carbonyl (C=O) groups is 2. The van der Waals surface area contributed by atoms with Crippen molar-refractivity contribution >= 4 is 23.7 Å². The number of aryl methyl sites for hydroxylation is 1. The zero-order chi connectivity index (χ0) is 19.9. The first-order chi connectivity index (χ1) is 13.6. The summed E-state index contributed by atoms with van der Waals surface area (Å²) in [7, 11) is 0. The highest BCUT2D eigenvalue weighted by molar-refractivity contribution is 8.00. The van der Waals surface area contributed by atoms with Crippen LogP contribution in [-0.2, 0) is 4.79 Å². The third-order valence-corrected chi connectivity index (χ3v) is 4.89. The van der Waals surface area contributed by atoms with Crippen LogP contribution in [0.4, 0.5) is 4.79 Å². The van der Waals surface area contributed by atoms with Gasteiger partial charge in [0, 0.05) is 12.1 Å². The molecule has 2 N–H and O–H groups in total. The van der Waals surface area contributed by atoms with E-state index in [-0.39, 0.29) is 5.22 Å². The molecule has 7 nitrogen and oxygen atoms in total. The van der Waals surface area contributed by atoms with Crippen LogP contribution < -0.4 is 10.6 Å². The van der Waals surface area contributed by atoms with E-state index in [1.54, 1.807) is 6.92 Å². The van der Waals surface area contributed by atoms with Gasteiger partial charge >= 0.3 is 6.03 Å². The Kier molecular flexibility index (Phi) is 6.44. The Morgan fingerprint density at radius 2 is 1.89 bits per heavy atom. The molecule has 0 spiro atoms. The lowest BCUT2D eigenvalue weighted by Gasteiger charge is -2.14. The molecular formula is C20H20N4O3S. The van der Waals surface area contributed by atoms with Crippen molar-refractivity contribution in [1.29, 1.82) is 0 Å². The summed E-state index contributed by atoms with van der Waals surface area (Å²) in [5.74, 6) is -0.0837. The fourth-order valence-corrected chi connectivity index (χ4v) is 3.41. The molecule has 3 rings (SSSR count). The van der Waals surface area contributed by atoms with E-state index in [9.17, 15) is 9.59 Å². The van der Waals surface area contributed by atoms with Gasteiger partial charge in [-0.05, 0) is 43.3 Å². The molecule has 144 valence electrons. The molecule has 1 heterocycles. The van der Waals surface area contributed by atoms with Crippen molar-refractivity contribution in [3.63, 3.8) is 0 Å². The Morgan fingerprint density at radius 3 is 2.61 bits per heavy atom. The summed E-state index contributed by atoms with van der Waals surface area (Å²) in [4.78, 5) is 24.4. The molecule has 0 aliphatic rings. The Labute approximate surface area is 166 Å². The van der Waals surface area contributed by atoms with Gasteiger partial charge in [0.15, 0.2) is 0 Å². The van der Waals surface area contributed by atoms with Crippen molar-refractivity contribution in [2.24, 2.45) is 0 Å². The third-order valence-electron chi connectivity index (χ3n) is 3.80. The number of urea groups is 1. The summed E-state index contributed by atoms with van der Waals surface area (Å²) >= 11 is 1.10. The highest BCUT2D eigenvalue weighted by Gasteiger charge is 2.26.